The average molecular weight is 223 g/mol. The van der Waals surface area contributed by atoms with E-state index < -0.39 is 15.3 Å². The van der Waals surface area contributed by atoms with Crippen molar-refractivity contribution in [1.29, 1.82) is 5.26 Å². The van der Waals surface area contributed by atoms with Crippen LogP contribution >= 0.6 is 0 Å². The van der Waals surface area contributed by atoms with Gasteiger partial charge in [-0.1, -0.05) is 0 Å². The van der Waals surface area contributed by atoms with E-state index in [1.165, 1.54) is 18.2 Å². The van der Waals surface area contributed by atoms with Crippen LogP contribution in [0, 0.1) is 11.3 Å². The van der Waals surface area contributed by atoms with E-state index in [1.807, 2.05) is 6.07 Å². The van der Waals surface area contributed by atoms with Crippen molar-refractivity contribution >= 4 is 21.2 Å². The Morgan fingerprint density at radius 3 is 2.80 bits per heavy atom. The van der Waals surface area contributed by atoms with Gasteiger partial charge < -0.3 is 4.98 Å². The zero-order valence-corrected chi connectivity index (χ0v) is 8.11. The third-order valence-corrected chi connectivity index (χ3v) is 2.52. The van der Waals surface area contributed by atoms with Crippen molar-refractivity contribution in [3.05, 3.63) is 23.8 Å². The summed E-state index contributed by atoms with van der Waals surface area (Å²) in [5, 5.41) is 8.09. The summed E-state index contributed by atoms with van der Waals surface area (Å²) in [5.41, 5.74) is 1.15. The molecule has 7 heteroatoms. The van der Waals surface area contributed by atoms with Crippen LogP contribution in [0.3, 0.4) is 0 Å². The number of nitriles is 1. The molecule has 0 atom stereocenters. The van der Waals surface area contributed by atoms with Crippen LogP contribution in [0.2, 0.25) is 0 Å². The summed E-state index contributed by atoms with van der Waals surface area (Å²) in [6.45, 7) is 0. The molecular formula is C8H5N3O3S. The van der Waals surface area contributed by atoms with Crippen LogP contribution in [0.1, 0.15) is 5.56 Å². The Morgan fingerprint density at radius 2 is 2.20 bits per heavy atom. The van der Waals surface area contributed by atoms with E-state index in [4.69, 9.17) is 9.81 Å². The Balaban J connectivity index is 2.73. The molecule has 0 saturated heterocycles. The fourth-order valence-corrected chi connectivity index (χ4v) is 1.63. The molecule has 2 aromatic rings. The first-order valence-corrected chi connectivity index (χ1v) is 5.32. The topological polar surface area (TPSA) is 107 Å². The Kier molecular flexibility index (Phi) is 1.96. The van der Waals surface area contributed by atoms with Gasteiger partial charge in [-0.2, -0.15) is 13.7 Å². The first kappa shape index (κ1) is 9.64. The Labute approximate surface area is 84.9 Å². The maximum Gasteiger partial charge on any atom is 0.328 e. The summed E-state index contributed by atoms with van der Waals surface area (Å²) >= 11 is 0. The molecule has 0 unspecified atom stereocenters. The van der Waals surface area contributed by atoms with Crippen molar-refractivity contribution in [3.8, 4) is 6.07 Å². The second-order valence-corrected chi connectivity index (χ2v) is 4.20. The number of rotatable bonds is 1. The van der Waals surface area contributed by atoms with Crippen LogP contribution in [0.4, 0.5) is 0 Å². The zero-order chi connectivity index (χ0) is 11.1. The third-order valence-electron chi connectivity index (χ3n) is 1.83. The standard InChI is InChI=1S/C8H5N3O3S/c9-4-5-1-2-6-7(3-5)11-8(10-6)15(12,13)14/h1-3H,(H,10,11)(H,12,13,14). The molecule has 0 saturated carbocycles. The van der Waals surface area contributed by atoms with Crippen LogP contribution in [-0.2, 0) is 10.1 Å². The predicted molar refractivity (Wildman–Crippen MR) is 50.6 cm³/mol. The van der Waals surface area contributed by atoms with Crippen LogP contribution in [0.25, 0.3) is 11.0 Å². The molecule has 1 aromatic carbocycles. The van der Waals surface area contributed by atoms with Crippen molar-refractivity contribution in [2.45, 2.75) is 5.16 Å². The zero-order valence-electron chi connectivity index (χ0n) is 7.30. The van der Waals surface area contributed by atoms with Crippen LogP contribution < -0.4 is 0 Å². The summed E-state index contributed by atoms with van der Waals surface area (Å²) in [6, 6.07) is 6.37. The second kappa shape index (κ2) is 3.05. The third kappa shape index (κ3) is 1.68. The Bertz CT molecular complexity index is 666. The van der Waals surface area contributed by atoms with Crippen molar-refractivity contribution in [2.75, 3.05) is 0 Å². The lowest BCUT2D eigenvalue weighted by Crippen LogP contribution is -1.99. The summed E-state index contributed by atoms with van der Waals surface area (Å²) in [6.07, 6.45) is 0. The molecule has 1 aromatic heterocycles. The first-order valence-electron chi connectivity index (χ1n) is 3.88. The van der Waals surface area contributed by atoms with Gasteiger partial charge in [-0.15, -0.1) is 0 Å². The van der Waals surface area contributed by atoms with Gasteiger partial charge in [-0.25, -0.2) is 4.98 Å². The number of nitrogens with zero attached hydrogens (tertiary/aromatic N) is 2. The number of aromatic amines is 1. The summed E-state index contributed by atoms with van der Waals surface area (Å²) in [4.78, 5) is 6.07. The SMILES string of the molecule is N#Cc1ccc2nc(S(=O)(=O)O)[nH]c2c1. The highest BCUT2D eigenvalue weighted by atomic mass is 32.2. The van der Waals surface area contributed by atoms with Gasteiger partial charge in [-0.3, -0.25) is 4.55 Å². The van der Waals surface area contributed by atoms with Gasteiger partial charge in [-0.05, 0) is 18.2 Å². The lowest BCUT2D eigenvalue weighted by Gasteiger charge is -1.87. The quantitative estimate of drug-likeness (QED) is 0.691. The maximum absolute atomic E-state index is 10.8. The highest BCUT2D eigenvalue weighted by molar-refractivity contribution is 7.85. The highest BCUT2D eigenvalue weighted by Gasteiger charge is 2.14. The first-order chi connectivity index (χ1) is 7.00. The minimum atomic E-state index is -4.33. The van der Waals surface area contributed by atoms with Crippen molar-refractivity contribution in [3.63, 3.8) is 0 Å². The molecule has 2 N–H and O–H groups in total. The molecule has 6 nitrogen and oxygen atoms in total. The maximum atomic E-state index is 10.8. The van der Waals surface area contributed by atoms with E-state index in [2.05, 4.69) is 9.97 Å². The van der Waals surface area contributed by atoms with Crippen molar-refractivity contribution < 1.29 is 13.0 Å². The molecule has 1 heterocycles. The van der Waals surface area contributed by atoms with E-state index in [1.54, 1.807) is 0 Å². The monoisotopic (exact) mass is 223 g/mol. The summed E-state index contributed by atoms with van der Waals surface area (Å²) in [5.74, 6) is 0. The fourth-order valence-electron chi connectivity index (χ4n) is 1.18. The van der Waals surface area contributed by atoms with E-state index in [-0.39, 0.29) is 0 Å². The molecule has 0 fully saturated rings. The van der Waals surface area contributed by atoms with Gasteiger partial charge in [0.05, 0.1) is 22.7 Å². The normalized spacial score (nSPS) is 11.5. The molecule has 15 heavy (non-hydrogen) atoms. The highest BCUT2D eigenvalue weighted by Crippen LogP contribution is 2.15. The molecule has 0 radical (unpaired) electrons. The molecule has 0 amide bonds. The average Bonchev–Trinajstić information content (AvgIpc) is 2.59. The number of aromatic nitrogens is 2. The summed E-state index contributed by atoms with van der Waals surface area (Å²) in [7, 11) is -4.33. The molecule has 0 aliphatic carbocycles. The van der Waals surface area contributed by atoms with E-state index >= 15 is 0 Å². The molecule has 0 aliphatic rings. The molecule has 0 bridgehead atoms. The molecule has 76 valence electrons. The minimum Gasteiger partial charge on any atom is -0.327 e. The van der Waals surface area contributed by atoms with Gasteiger partial charge in [0.1, 0.15) is 0 Å². The van der Waals surface area contributed by atoms with Crippen molar-refractivity contribution in [1.82, 2.24) is 9.97 Å². The number of nitrogens with one attached hydrogen (secondary N) is 1. The Morgan fingerprint density at radius 1 is 1.47 bits per heavy atom. The largest absolute Gasteiger partial charge is 0.328 e. The number of fused-ring (bicyclic) bond motifs is 1. The van der Waals surface area contributed by atoms with E-state index in [9.17, 15) is 8.42 Å². The lowest BCUT2D eigenvalue weighted by molar-refractivity contribution is 0.476. The van der Waals surface area contributed by atoms with E-state index in [0.717, 1.165) is 0 Å². The van der Waals surface area contributed by atoms with Crippen LogP contribution in [0.15, 0.2) is 23.4 Å². The number of hydrogen-bond donors (Lipinski definition) is 2. The summed E-state index contributed by atoms with van der Waals surface area (Å²) < 4.78 is 30.2. The number of imidazole rings is 1. The van der Waals surface area contributed by atoms with Gasteiger partial charge in [0.25, 0.3) is 5.16 Å². The van der Waals surface area contributed by atoms with Gasteiger partial charge >= 0.3 is 10.1 Å². The van der Waals surface area contributed by atoms with Gasteiger partial charge in [0, 0.05) is 0 Å². The molecule has 0 spiro atoms. The van der Waals surface area contributed by atoms with Gasteiger partial charge in [0.15, 0.2) is 0 Å². The van der Waals surface area contributed by atoms with Gasteiger partial charge in [0.2, 0.25) is 0 Å². The molecular weight excluding hydrogens is 218 g/mol. The van der Waals surface area contributed by atoms with E-state index in [0.29, 0.717) is 16.6 Å². The number of H-pyrrole nitrogens is 1. The Hall–Kier alpha value is -1.91. The molecule has 0 aliphatic heterocycles. The van der Waals surface area contributed by atoms with Crippen LogP contribution in [-0.4, -0.2) is 22.9 Å². The second-order valence-electron chi connectivity index (χ2n) is 2.86. The number of hydrogen-bond acceptors (Lipinski definition) is 4. The number of benzene rings is 1. The lowest BCUT2D eigenvalue weighted by atomic mass is 10.2. The molecule has 2 rings (SSSR count). The smallest absolute Gasteiger partial charge is 0.327 e. The predicted octanol–water partition coefficient (Wildman–Crippen LogP) is 0.681. The fraction of sp³-hybridized carbons (Fsp3) is 0. The van der Waals surface area contributed by atoms with Crippen LogP contribution in [0.5, 0.6) is 0 Å². The minimum absolute atomic E-state index is 0.377. The van der Waals surface area contributed by atoms with Crippen molar-refractivity contribution in [2.24, 2.45) is 0 Å².